The number of ether oxygens (including phenoxy) is 2. The van der Waals surface area contributed by atoms with E-state index in [1.165, 1.54) is 0 Å². The average molecular weight is 364 g/mol. The van der Waals surface area contributed by atoms with Crippen molar-refractivity contribution in [3.63, 3.8) is 0 Å². The van der Waals surface area contributed by atoms with Gasteiger partial charge in [-0.05, 0) is 25.0 Å². The smallest absolute Gasteiger partial charge is 0.260 e. The van der Waals surface area contributed by atoms with Crippen LogP contribution in [0.3, 0.4) is 0 Å². The van der Waals surface area contributed by atoms with Crippen LogP contribution in [0.2, 0.25) is 0 Å². The largest absolute Gasteiger partial charge is 0.483 e. The summed E-state index contributed by atoms with van der Waals surface area (Å²) >= 11 is 0. The first-order chi connectivity index (χ1) is 12.7. The summed E-state index contributed by atoms with van der Waals surface area (Å²) in [6.07, 6.45) is 4.39. The van der Waals surface area contributed by atoms with Crippen LogP contribution in [0.4, 0.5) is 0 Å². The van der Waals surface area contributed by atoms with Crippen LogP contribution in [0.25, 0.3) is 0 Å². The van der Waals surface area contributed by atoms with Gasteiger partial charge >= 0.3 is 0 Å². The summed E-state index contributed by atoms with van der Waals surface area (Å²) in [4.78, 5) is 26.5. The standard InChI is InChI=1S/C19H28N2O5/c22-12-14-25-13-9-20-19(24)16-7-3-4-8-17(16)26-15-18(23)21-10-5-1-2-6-11-21/h3-4,7-8,22H,1-2,5-6,9-15H2,(H,20,24). The van der Waals surface area contributed by atoms with Crippen LogP contribution in [0.15, 0.2) is 24.3 Å². The molecule has 2 N–H and O–H groups in total. The van der Waals surface area contributed by atoms with Crippen LogP contribution in [-0.4, -0.2) is 67.9 Å². The molecule has 0 aromatic heterocycles. The third kappa shape index (κ3) is 6.65. The lowest BCUT2D eigenvalue weighted by atomic mass is 10.2. The highest BCUT2D eigenvalue weighted by Gasteiger charge is 2.18. The Kier molecular flexibility index (Phi) is 8.92. The molecule has 0 spiro atoms. The first kappa shape index (κ1) is 20.2. The molecule has 1 aromatic rings. The topological polar surface area (TPSA) is 88.1 Å². The quantitative estimate of drug-likeness (QED) is 0.643. The van der Waals surface area contributed by atoms with E-state index in [9.17, 15) is 9.59 Å². The molecule has 1 aliphatic rings. The molecule has 26 heavy (non-hydrogen) atoms. The van der Waals surface area contributed by atoms with Crippen molar-refractivity contribution in [3.8, 4) is 5.75 Å². The molecule has 0 saturated carbocycles. The fourth-order valence-corrected chi connectivity index (χ4v) is 2.83. The van der Waals surface area contributed by atoms with Crippen LogP contribution in [0.1, 0.15) is 36.0 Å². The second-order valence-electron chi connectivity index (χ2n) is 6.17. The van der Waals surface area contributed by atoms with Crippen molar-refractivity contribution in [1.29, 1.82) is 0 Å². The molecule has 7 heteroatoms. The molecule has 2 amide bonds. The lowest BCUT2D eigenvalue weighted by Crippen LogP contribution is -2.36. The van der Waals surface area contributed by atoms with Gasteiger partial charge in [0, 0.05) is 19.6 Å². The summed E-state index contributed by atoms with van der Waals surface area (Å²) in [7, 11) is 0. The molecule has 0 bridgehead atoms. The summed E-state index contributed by atoms with van der Waals surface area (Å²) in [5.41, 5.74) is 0.387. The molecular formula is C19H28N2O5. The number of nitrogens with zero attached hydrogens (tertiary/aromatic N) is 1. The lowest BCUT2D eigenvalue weighted by Gasteiger charge is -2.20. The lowest BCUT2D eigenvalue weighted by molar-refractivity contribution is -0.133. The molecule has 1 heterocycles. The summed E-state index contributed by atoms with van der Waals surface area (Å²) < 4.78 is 10.8. The molecule has 0 unspecified atom stereocenters. The fraction of sp³-hybridized carbons (Fsp3) is 0.579. The third-order valence-electron chi connectivity index (χ3n) is 4.21. The van der Waals surface area contributed by atoms with Gasteiger partial charge in [0.25, 0.3) is 11.8 Å². The normalized spacial score (nSPS) is 14.6. The van der Waals surface area contributed by atoms with Crippen LogP contribution in [-0.2, 0) is 9.53 Å². The number of likely N-dealkylation sites (tertiary alicyclic amines) is 1. The monoisotopic (exact) mass is 364 g/mol. The van der Waals surface area contributed by atoms with Crippen molar-refractivity contribution in [3.05, 3.63) is 29.8 Å². The zero-order chi connectivity index (χ0) is 18.6. The Labute approximate surface area is 154 Å². The number of nitrogens with one attached hydrogen (secondary N) is 1. The van der Waals surface area contributed by atoms with Crippen molar-refractivity contribution < 1.29 is 24.2 Å². The van der Waals surface area contributed by atoms with Gasteiger partial charge in [-0.25, -0.2) is 0 Å². The van der Waals surface area contributed by atoms with E-state index < -0.39 is 0 Å². The highest BCUT2D eigenvalue weighted by molar-refractivity contribution is 5.97. The maximum atomic E-state index is 12.3. The van der Waals surface area contributed by atoms with E-state index in [-0.39, 0.29) is 31.6 Å². The number of para-hydroxylation sites is 1. The SMILES string of the molecule is O=C(NCCOCCO)c1ccccc1OCC(=O)N1CCCCCC1. The zero-order valence-electron chi connectivity index (χ0n) is 15.1. The van der Waals surface area contributed by atoms with Gasteiger partial charge in [0.05, 0.1) is 25.4 Å². The Balaban J connectivity index is 1.85. The van der Waals surface area contributed by atoms with E-state index >= 15 is 0 Å². The maximum absolute atomic E-state index is 12.3. The van der Waals surface area contributed by atoms with Crippen molar-refractivity contribution in [1.82, 2.24) is 10.2 Å². The molecule has 1 aromatic carbocycles. The summed E-state index contributed by atoms with van der Waals surface area (Å²) in [6.45, 7) is 2.34. The minimum Gasteiger partial charge on any atom is -0.483 e. The number of amides is 2. The number of aliphatic hydroxyl groups is 1. The van der Waals surface area contributed by atoms with Gasteiger partial charge in [0.2, 0.25) is 0 Å². The van der Waals surface area contributed by atoms with E-state index in [0.717, 1.165) is 38.8 Å². The minimum absolute atomic E-state index is 0.0421. The number of aliphatic hydroxyl groups excluding tert-OH is 1. The van der Waals surface area contributed by atoms with E-state index in [1.54, 1.807) is 24.3 Å². The number of hydrogen-bond donors (Lipinski definition) is 2. The predicted molar refractivity (Wildman–Crippen MR) is 97.2 cm³/mol. The second-order valence-corrected chi connectivity index (χ2v) is 6.17. The van der Waals surface area contributed by atoms with E-state index in [0.29, 0.717) is 24.5 Å². The Morgan fingerprint density at radius 2 is 1.81 bits per heavy atom. The Morgan fingerprint density at radius 3 is 2.54 bits per heavy atom. The molecule has 2 rings (SSSR count). The van der Waals surface area contributed by atoms with E-state index in [4.69, 9.17) is 14.6 Å². The Hall–Kier alpha value is -2.12. The van der Waals surface area contributed by atoms with Gasteiger partial charge in [-0.1, -0.05) is 25.0 Å². The summed E-state index contributed by atoms with van der Waals surface area (Å²) in [5.74, 6) is 0.0689. The number of hydrogen-bond acceptors (Lipinski definition) is 5. The molecule has 1 saturated heterocycles. The van der Waals surface area contributed by atoms with Gasteiger partial charge in [-0.2, -0.15) is 0 Å². The number of carbonyl (C=O) groups is 2. The second kappa shape index (κ2) is 11.5. The molecular weight excluding hydrogens is 336 g/mol. The molecule has 0 aliphatic carbocycles. The van der Waals surface area contributed by atoms with Crippen LogP contribution < -0.4 is 10.1 Å². The van der Waals surface area contributed by atoms with Crippen molar-refractivity contribution in [2.24, 2.45) is 0 Å². The van der Waals surface area contributed by atoms with Crippen molar-refractivity contribution in [2.45, 2.75) is 25.7 Å². The van der Waals surface area contributed by atoms with E-state index in [1.807, 2.05) is 4.90 Å². The highest BCUT2D eigenvalue weighted by atomic mass is 16.5. The van der Waals surface area contributed by atoms with Gasteiger partial charge in [-0.15, -0.1) is 0 Å². The molecule has 0 radical (unpaired) electrons. The zero-order valence-corrected chi connectivity index (χ0v) is 15.1. The minimum atomic E-state index is -0.282. The van der Waals surface area contributed by atoms with Crippen LogP contribution in [0.5, 0.6) is 5.75 Å². The molecule has 7 nitrogen and oxygen atoms in total. The number of rotatable bonds is 9. The van der Waals surface area contributed by atoms with Crippen LogP contribution >= 0.6 is 0 Å². The molecule has 0 atom stereocenters. The van der Waals surface area contributed by atoms with Gasteiger partial charge in [0.1, 0.15) is 5.75 Å². The Morgan fingerprint density at radius 1 is 1.08 bits per heavy atom. The predicted octanol–water partition coefficient (Wildman–Crippen LogP) is 1.21. The maximum Gasteiger partial charge on any atom is 0.260 e. The number of carbonyl (C=O) groups excluding carboxylic acids is 2. The fourth-order valence-electron chi connectivity index (χ4n) is 2.83. The van der Waals surface area contributed by atoms with Crippen LogP contribution in [0, 0.1) is 0 Å². The first-order valence-corrected chi connectivity index (χ1v) is 9.19. The molecule has 1 aliphatic heterocycles. The Bertz CT molecular complexity index is 571. The average Bonchev–Trinajstić information content (AvgIpc) is 2.95. The first-order valence-electron chi connectivity index (χ1n) is 9.19. The third-order valence-corrected chi connectivity index (χ3v) is 4.21. The summed E-state index contributed by atoms with van der Waals surface area (Å²) in [5, 5.41) is 11.4. The van der Waals surface area contributed by atoms with Gasteiger partial charge < -0.3 is 24.8 Å². The van der Waals surface area contributed by atoms with Crippen molar-refractivity contribution >= 4 is 11.8 Å². The molecule has 144 valence electrons. The van der Waals surface area contributed by atoms with Gasteiger partial charge in [-0.3, -0.25) is 9.59 Å². The summed E-state index contributed by atoms with van der Waals surface area (Å²) in [6, 6.07) is 6.87. The van der Waals surface area contributed by atoms with Gasteiger partial charge in [0.15, 0.2) is 6.61 Å². The number of benzene rings is 1. The highest BCUT2D eigenvalue weighted by Crippen LogP contribution is 2.18. The van der Waals surface area contributed by atoms with E-state index in [2.05, 4.69) is 5.32 Å². The molecule has 1 fully saturated rings. The van der Waals surface area contributed by atoms with Crippen molar-refractivity contribution in [2.75, 3.05) is 46.1 Å².